The van der Waals surface area contributed by atoms with Gasteiger partial charge in [0.1, 0.15) is 0 Å². The number of rotatable bonds is 7. The fourth-order valence-corrected chi connectivity index (χ4v) is 2.83. The zero-order chi connectivity index (χ0) is 15.4. The Labute approximate surface area is 126 Å². The summed E-state index contributed by atoms with van der Waals surface area (Å²) in [5.74, 6) is -0.836. The van der Waals surface area contributed by atoms with Crippen LogP contribution < -0.4 is 0 Å². The van der Waals surface area contributed by atoms with E-state index >= 15 is 0 Å². The molecule has 0 amide bonds. The molecule has 0 unspecified atom stereocenters. The summed E-state index contributed by atoms with van der Waals surface area (Å²) in [6.45, 7) is 7.26. The molecule has 1 heterocycles. The van der Waals surface area contributed by atoms with Crippen LogP contribution in [0.2, 0.25) is 0 Å². The lowest BCUT2D eigenvalue weighted by atomic mass is 10.0. The normalized spacial score (nSPS) is 11.2. The smallest absolute Gasteiger partial charge is 0.335 e. The third-order valence-corrected chi connectivity index (χ3v) is 4.09. The molecular formula is C18H25NO2. The van der Waals surface area contributed by atoms with Gasteiger partial charge < -0.3 is 9.67 Å². The Morgan fingerprint density at radius 2 is 1.90 bits per heavy atom. The fraction of sp³-hybridized carbons (Fsp3) is 0.500. The highest BCUT2D eigenvalue weighted by atomic mass is 16.4. The first-order valence-electron chi connectivity index (χ1n) is 7.94. The number of carboxylic acid groups (broad SMARTS) is 1. The van der Waals surface area contributed by atoms with E-state index in [0.29, 0.717) is 5.56 Å². The maximum absolute atomic E-state index is 11.4. The Kier molecular flexibility index (Phi) is 5.05. The van der Waals surface area contributed by atoms with Crippen LogP contribution in [0.15, 0.2) is 18.3 Å². The Bertz CT molecular complexity index is 640. The lowest BCUT2D eigenvalue weighted by Crippen LogP contribution is -2.01. The van der Waals surface area contributed by atoms with Gasteiger partial charge in [0.15, 0.2) is 0 Å². The summed E-state index contributed by atoms with van der Waals surface area (Å²) < 4.78 is 2.29. The number of hydrogen-bond donors (Lipinski definition) is 1. The molecule has 0 saturated heterocycles. The SMILES string of the molecule is CCCCc1cn(CCCC)c2cc(C)c(C(=O)O)cc12. The number of carboxylic acids is 1. The van der Waals surface area contributed by atoms with E-state index in [1.165, 1.54) is 11.1 Å². The van der Waals surface area contributed by atoms with Crippen LogP contribution in [0.3, 0.4) is 0 Å². The van der Waals surface area contributed by atoms with Gasteiger partial charge in [-0.25, -0.2) is 4.79 Å². The summed E-state index contributed by atoms with van der Waals surface area (Å²) in [4.78, 5) is 11.4. The number of nitrogens with zero attached hydrogens (tertiary/aromatic N) is 1. The lowest BCUT2D eigenvalue weighted by molar-refractivity contribution is 0.0696. The summed E-state index contributed by atoms with van der Waals surface area (Å²) in [5.41, 5.74) is 3.73. The number of carbonyl (C=O) groups is 1. The van der Waals surface area contributed by atoms with Crippen molar-refractivity contribution in [1.29, 1.82) is 0 Å². The predicted molar refractivity (Wildman–Crippen MR) is 87.2 cm³/mol. The molecule has 0 fully saturated rings. The highest BCUT2D eigenvalue weighted by molar-refractivity contribution is 5.96. The van der Waals surface area contributed by atoms with Gasteiger partial charge in [-0.1, -0.05) is 26.7 Å². The van der Waals surface area contributed by atoms with Gasteiger partial charge in [0.25, 0.3) is 0 Å². The van der Waals surface area contributed by atoms with Gasteiger partial charge in [0, 0.05) is 23.6 Å². The molecule has 114 valence electrons. The second-order valence-corrected chi connectivity index (χ2v) is 5.79. The van der Waals surface area contributed by atoms with Gasteiger partial charge in [0.05, 0.1) is 5.56 Å². The first-order valence-corrected chi connectivity index (χ1v) is 7.94. The largest absolute Gasteiger partial charge is 0.478 e. The highest BCUT2D eigenvalue weighted by Crippen LogP contribution is 2.27. The standard InChI is InChI=1S/C18H25NO2/c1-4-6-8-14-12-19(9-7-5-2)17-10-13(3)15(18(20)21)11-16(14)17/h10-12H,4-9H2,1-3H3,(H,20,21). The lowest BCUT2D eigenvalue weighted by Gasteiger charge is -2.06. The third-order valence-electron chi connectivity index (χ3n) is 4.09. The minimum absolute atomic E-state index is 0.425. The summed E-state index contributed by atoms with van der Waals surface area (Å²) in [7, 11) is 0. The Balaban J connectivity index is 2.54. The molecule has 0 aliphatic rings. The second-order valence-electron chi connectivity index (χ2n) is 5.79. The van der Waals surface area contributed by atoms with E-state index in [4.69, 9.17) is 0 Å². The molecule has 0 spiro atoms. The van der Waals surface area contributed by atoms with Crippen molar-refractivity contribution in [2.75, 3.05) is 0 Å². The first-order chi connectivity index (χ1) is 10.1. The molecule has 0 saturated carbocycles. The number of aromatic carboxylic acids is 1. The molecule has 21 heavy (non-hydrogen) atoms. The van der Waals surface area contributed by atoms with Gasteiger partial charge >= 0.3 is 5.97 Å². The monoisotopic (exact) mass is 287 g/mol. The van der Waals surface area contributed by atoms with Crippen LogP contribution in [0.4, 0.5) is 0 Å². The van der Waals surface area contributed by atoms with Gasteiger partial charge in [-0.05, 0) is 49.4 Å². The molecule has 0 atom stereocenters. The van der Waals surface area contributed by atoms with E-state index in [0.717, 1.165) is 49.6 Å². The molecule has 0 radical (unpaired) electrons. The molecule has 3 nitrogen and oxygen atoms in total. The summed E-state index contributed by atoms with van der Waals surface area (Å²) in [5, 5.41) is 10.4. The second kappa shape index (κ2) is 6.79. The van der Waals surface area contributed by atoms with Gasteiger partial charge in [-0.15, -0.1) is 0 Å². The highest BCUT2D eigenvalue weighted by Gasteiger charge is 2.14. The van der Waals surface area contributed by atoms with E-state index in [9.17, 15) is 9.90 Å². The molecule has 2 rings (SSSR count). The van der Waals surface area contributed by atoms with Crippen molar-refractivity contribution >= 4 is 16.9 Å². The molecule has 1 aromatic heterocycles. The van der Waals surface area contributed by atoms with Crippen LogP contribution in [0.25, 0.3) is 10.9 Å². The molecule has 3 heteroatoms. The maximum atomic E-state index is 11.4. The first kappa shape index (κ1) is 15.6. The molecule has 1 N–H and O–H groups in total. The topological polar surface area (TPSA) is 42.2 Å². The minimum Gasteiger partial charge on any atom is -0.478 e. The van der Waals surface area contributed by atoms with Crippen LogP contribution >= 0.6 is 0 Å². The number of benzene rings is 1. The van der Waals surface area contributed by atoms with Crippen molar-refractivity contribution in [1.82, 2.24) is 4.57 Å². The van der Waals surface area contributed by atoms with Crippen LogP contribution in [0.5, 0.6) is 0 Å². The van der Waals surface area contributed by atoms with Crippen LogP contribution in [-0.2, 0) is 13.0 Å². The maximum Gasteiger partial charge on any atom is 0.335 e. The molecule has 0 aliphatic carbocycles. The van der Waals surface area contributed by atoms with Gasteiger partial charge in [-0.2, -0.15) is 0 Å². The van der Waals surface area contributed by atoms with Crippen LogP contribution in [-0.4, -0.2) is 15.6 Å². The molecule has 1 aromatic carbocycles. The molecule has 0 aliphatic heterocycles. The van der Waals surface area contributed by atoms with Crippen LogP contribution in [0.1, 0.15) is 61.0 Å². The van der Waals surface area contributed by atoms with E-state index < -0.39 is 5.97 Å². The van der Waals surface area contributed by atoms with Crippen molar-refractivity contribution in [3.05, 3.63) is 35.0 Å². The van der Waals surface area contributed by atoms with Crippen molar-refractivity contribution in [3.63, 3.8) is 0 Å². The molecule has 0 bridgehead atoms. The van der Waals surface area contributed by atoms with Crippen molar-refractivity contribution in [2.24, 2.45) is 0 Å². The van der Waals surface area contributed by atoms with Crippen molar-refractivity contribution in [2.45, 2.75) is 59.4 Å². The summed E-state index contributed by atoms with van der Waals surface area (Å²) in [6.07, 6.45) is 7.85. The summed E-state index contributed by atoms with van der Waals surface area (Å²) in [6, 6.07) is 3.89. The third kappa shape index (κ3) is 3.29. The predicted octanol–water partition coefficient (Wildman–Crippen LogP) is 4.79. The van der Waals surface area contributed by atoms with Crippen LogP contribution in [0, 0.1) is 6.92 Å². The van der Waals surface area contributed by atoms with Gasteiger partial charge in [0.2, 0.25) is 0 Å². The van der Waals surface area contributed by atoms with E-state index in [1.807, 2.05) is 19.1 Å². The van der Waals surface area contributed by atoms with Crippen molar-refractivity contribution < 1.29 is 9.90 Å². The van der Waals surface area contributed by atoms with Gasteiger partial charge in [-0.3, -0.25) is 0 Å². The van der Waals surface area contributed by atoms with E-state index in [1.54, 1.807) is 0 Å². The van der Waals surface area contributed by atoms with Crippen molar-refractivity contribution in [3.8, 4) is 0 Å². The number of fused-ring (bicyclic) bond motifs is 1. The van der Waals surface area contributed by atoms with E-state index in [2.05, 4.69) is 24.6 Å². The fourth-order valence-electron chi connectivity index (χ4n) is 2.83. The zero-order valence-electron chi connectivity index (χ0n) is 13.3. The average Bonchev–Trinajstić information content (AvgIpc) is 2.78. The quantitative estimate of drug-likeness (QED) is 0.795. The Morgan fingerprint density at radius 1 is 1.19 bits per heavy atom. The number of aromatic nitrogens is 1. The number of aryl methyl sites for hydroxylation is 3. The number of unbranched alkanes of at least 4 members (excludes halogenated alkanes) is 2. The molecule has 2 aromatic rings. The Hall–Kier alpha value is -1.77. The zero-order valence-corrected chi connectivity index (χ0v) is 13.3. The Morgan fingerprint density at radius 3 is 2.52 bits per heavy atom. The summed E-state index contributed by atoms with van der Waals surface area (Å²) >= 11 is 0. The number of hydrogen-bond acceptors (Lipinski definition) is 1. The average molecular weight is 287 g/mol. The minimum atomic E-state index is -0.836. The van der Waals surface area contributed by atoms with E-state index in [-0.39, 0.29) is 0 Å². The molecular weight excluding hydrogens is 262 g/mol.